The van der Waals surface area contributed by atoms with E-state index >= 15 is 0 Å². The molecule has 0 amide bonds. The first-order chi connectivity index (χ1) is 11.2. The van der Waals surface area contributed by atoms with Crippen LogP contribution in [0.25, 0.3) is 0 Å². The molecule has 0 saturated heterocycles. The van der Waals surface area contributed by atoms with Crippen molar-refractivity contribution in [2.24, 2.45) is 0 Å². The van der Waals surface area contributed by atoms with Crippen molar-refractivity contribution >= 4 is 37.5 Å². The minimum absolute atomic E-state index is 0.0791. The van der Waals surface area contributed by atoms with Crippen LogP contribution in [0.4, 0.5) is 0 Å². The fraction of sp³-hybridized carbons (Fsp3) is 0.833. The molecule has 9 N–H and O–H groups in total. The number of aliphatic hydroxyl groups is 4. The van der Waals surface area contributed by atoms with Crippen LogP contribution in [0.2, 0.25) is 0 Å². The summed E-state index contributed by atoms with van der Waals surface area (Å²) in [5.74, 6) is 0. The van der Waals surface area contributed by atoms with E-state index in [1.165, 1.54) is 0 Å². The Morgan fingerprint density at radius 1 is 0.731 bits per heavy atom. The quantitative estimate of drug-likeness (QED) is 0.128. The molecule has 17 nitrogen and oxygen atoms in total. The number of hydrogen-bond acceptors (Lipinski definition) is 12. The van der Waals surface area contributed by atoms with Crippen molar-refractivity contribution in [3.05, 3.63) is 0 Å². The van der Waals surface area contributed by atoms with Crippen molar-refractivity contribution < 1.29 is 77.4 Å². The molecule has 0 saturated carbocycles. The molecule has 0 aromatic rings. The lowest BCUT2D eigenvalue weighted by molar-refractivity contribution is -0.135. The zero-order valence-electron chi connectivity index (χ0n) is 12.1. The molecule has 0 bridgehead atoms. The molecule has 0 rings (SSSR count). The van der Waals surface area contributed by atoms with E-state index in [0.29, 0.717) is 0 Å². The van der Waals surface area contributed by atoms with Crippen LogP contribution in [-0.4, -0.2) is 106 Å². The first-order valence-electron chi connectivity index (χ1n) is 5.38. The number of hydrogen-bond donors (Lipinski definition) is 9. The maximum absolute atomic E-state index is 10.1. The van der Waals surface area contributed by atoms with E-state index in [2.05, 4.69) is 4.18 Å². The van der Waals surface area contributed by atoms with Gasteiger partial charge in [0, 0.05) is 0 Å². The topological polar surface area (TPSA) is 311 Å². The molecule has 0 aliphatic carbocycles. The van der Waals surface area contributed by atoms with Gasteiger partial charge in [0.25, 0.3) is 0 Å². The summed E-state index contributed by atoms with van der Waals surface area (Å²) < 4.78 is 95.2. The third-order valence-electron chi connectivity index (χ3n) is 1.62. The highest BCUT2D eigenvalue weighted by Gasteiger charge is 2.31. The number of carbonyl (C=O) groups excluding carboxylic acids is 1. The van der Waals surface area contributed by atoms with Crippen LogP contribution >= 0.6 is 0 Å². The van der Waals surface area contributed by atoms with Crippen LogP contribution in [0.5, 0.6) is 0 Å². The van der Waals surface area contributed by atoms with Gasteiger partial charge in [-0.05, 0) is 0 Å². The van der Waals surface area contributed by atoms with Crippen molar-refractivity contribution in [2.75, 3.05) is 6.61 Å². The van der Waals surface area contributed by atoms with Crippen LogP contribution < -0.4 is 0 Å². The summed E-state index contributed by atoms with van der Waals surface area (Å²) in [6.45, 7) is -1.04. The Balaban J connectivity index is -0.000000433. The standard InChI is InChI=1S/C6H12O9S.2H2O4S/c7-1-3(8)5(10)6(11)4(9)2-15-16(12,13)14;2*1-5(2,3)4/h1,3-6,8-11H,2H2,(H,12,13,14);2*(H2,1,2,3,4)/t3-,4-,5-,6-;;/m1../s1. The summed E-state index contributed by atoms with van der Waals surface area (Å²) in [5, 5.41) is 36.0. The third kappa shape index (κ3) is 30.9. The zero-order valence-corrected chi connectivity index (χ0v) is 14.6. The highest BCUT2D eigenvalue weighted by Crippen LogP contribution is 2.05. The second-order valence-corrected chi connectivity index (χ2v) is 6.67. The highest BCUT2D eigenvalue weighted by molar-refractivity contribution is 7.81. The normalized spacial score (nSPS) is 16.7. The predicted molar refractivity (Wildman–Crippen MR) is 75.9 cm³/mol. The Morgan fingerprint density at radius 2 is 1.04 bits per heavy atom. The van der Waals surface area contributed by atoms with E-state index < -0.39 is 62.2 Å². The largest absolute Gasteiger partial charge is 0.397 e. The number of rotatable bonds is 7. The van der Waals surface area contributed by atoms with Gasteiger partial charge in [-0.15, -0.1) is 0 Å². The molecule has 0 unspecified atom stereocenters. The molecule has 0 aliphatic rings. The average molecular weight is 456 g/mol. The number of carbonyl (C=O) groups is 1. The smallest absolute Gasteiger partial charge is 0.388 e. The monoisotopic (exact) mass is 456 g/mol. The molecule has 0 spiro atoms. The molecule has 4 atom stereocenters. The van der Waals surface area contributed by atoms with E-state index in [1.54, 1.807) is 0 Å². The van der Waals surface area contributed by atoms with Gasteiger partial charge < -0.3 is 25.2 Å². The van der Waals surface area contributed by atoms with Gasteiger partial charge in [-0.1, -0.05) is 0 Å². The lowest BCUT2D eigenvalue weighted by Crippen LogP contribution is -2.46. The first kappa shape index (κ1) is 29.9. The van der Waals surface area contributed by atoms with Gasteiger partial charge in [0.15, 0.2) is 6.29 Å². The van der Waals surface area contributed by atoms with Gasteiger partial charge in [0.05, 0.1) is 6.61 Å². The van der Waals surface area contributed by atoms with Crippen LogP contribution in [0.3, 0.4) is 0 Å². The second kappa shape index (κ2) is 12.5. The molecule has 0 heterocycles. The molecule has 26 heavy (non-hydrogen) atoms. The minimum atomic E-state index is -4.79. The third-order valence-corrected chi connectivity index (χ3v) is 2.06. The van der Waals surface area contributed by atoms with Gasteiger partial charge in [-0.25, -0.2) is 4.18 Å². The molecule has 0 aliphatic heterocycles. The van der Waals surface area contributed by atoms with E-state index in [1.807, 2.05) is 0 Å². The summed E-state index contributed by atoms with van der Waals surface area (Å²) in [6, 6.07) is 0. The lowest BCUT2D eigenvalue weighted by atomic mass is 10.0. The molecule has 0 aromatic carbocycles. The van der Waals surface area contributed by atoms with Crippen molar-refractivity contribution in [3.8, 4) is 0 Å². The van der Waals surface area contributed by atoms with Gasteiger partial charge >= 0.3 is 31.2 Å². The Labute approximate surface area is 146 Å². The Bertz CT molecular complexity index is 645. The summed E-state index contributed by atoms with van der Waals surface area (Å²) in [4.78, 5) is 10.0. The molecule has 0 fully saturated rings. The van der Waals surface area contributed by atoms with Gasteiger partial charge in [-0.2, -0.15) is 25.3 Å². The fourth-order valence-corrected chi connectivity index (χ4v) is 1.08. The van der Waals surface area contributed by atoms with E-state index in [4.69, 9.17) is 60.0 Å². The van der Waals surface area contributed by atoms with Crippen LogP contribution in [0, 0.1) is 0 Å². The summed E-state index contributed by atoms with van der Waals surface area (Å²) in [5.41, 5.74) is 0. The number of aliphatic hydroxyl groups excluding tert-OH is 4. The minimum Gasteiger partial charge on any atom is -0.388 e. The van der Waals surface area contributed by atoms with E-state index in [9.17, 15) is 13.2 Å². The van der Waals surface area contributed by atoms with Gasteiger partial charge in [0.2, 0.25) is 0 Å². The Hall–Kier alpha value is -0.880. The van der Waals surface area contributed by atoms with Crippen LogP contribution in [-0.2, 0) is 40.2 Å². The highest BCUT2D eigenvalue weighted by atomic mass is 32.3. The SMILES string of the molecule is O=C[C@@H](O)[C@@H](O)[C@H](O)[C@H](O)COS(=O)(=O)O.O=S(=O)(O)O.O=S(=O)(O)O. The van der Waals surface area contributed by atoms with Crippen molar-refractivity contribution in [1.29, 1.82) is 0 Å². The fourth-order valence-electron chi connectivity index (χ4n) is 0.764. The summed E-state index contributed by atoms with van der Waals surface area (Å²) in [7, 11) is -14.1. The second-order valence-electron chi connectivity index (χ2n) is 3.78. The Kier molecular flexibility index (Phi) is 14.4. The van der Waals surface area contributed by atoms with E-state index in [0.717, 1.165) is 0 Å². The zero-order chi connectivity index (χ0) is 21.9. The van der Waals surface area contributed by atoms with E-state index in [-0.39, 0.29) is 6.29 Å². The van der Waals surface area contributed by atoms with Crippen LogP contribution in [0.15, 0.2) is 0 Å². The molecule has 0 radical (unpaired) electrons. The summed E-state index contributed by atoms with van der Waals surface area (Å²) in [6.07, 6.45) is -7.94. The lowest BCUT2D eigenvalue weighted by Gasteiger charge is -2.23. The maximum Gasteiger partial charge on any atom is 0.397 e. The number of aldehydes is 1. The Morgan fingerprint density at radius 3 is 1.27 bits per heavy atom. The average Bonchev–Trinajstić information content (AvgIpc) is 2.37. The van der Waals surface area contributed by atoms with Crippen molar-refractivity contribution in [3.63, 3.8) is 0 Å². The van der Waals surface area contributed by atoms with Crippen molar-refractivity contribution in [2.45, 2.75) is 24.4 Å². The molecule has 160 valence electrons. The van der Waals surface area contributed by atoms with Gasteiger partial charge in [0.1, 0.15) is 24.4 Å². The summed E-state index contributed by atoms with van der Waals surface area (Å²) >= 11 is 0. The molecular weight excluding hydrogens is 440 g/mol. The molecular formula is C6H16O17S3. The molecule has 20 heteroatoms. The van der Waals surface area contributed by atoms with Crippen molar-refractivity contribution in [1.82, 2.24) is 0 Å². The predicted octanol–water partition coefficient (Wildman–Crippen LogP) is -4.86. The van der Waals surface area contributed by atoms with Gasteiger partial charge in [-0.3, -0.25) is 22.8 Å². The van der Waals surface area contributed by atoms with Crippen LogP contribution in [0.1, 0.15) is 0 Å². The first-order valence-corrected chi connectivity index (χ1v) is 9.54. The molecule has 0 aromatic heterocycles. The maximum atomic E-state index is 10.1.